The van der Waals surface area contributed by atoms with E-state index in [1.807, 2.05) is 0 Å². The van der Waals surface area contributed by atoms with Crippen molar-refractivity contribution in [3.63, 3.8) is 0 Å². The molecule has 4 aliphatic rings. The van der Waals surface area contributed by atoms with E-state index in [0.717, 1.165) is 38.5 Å². The number of benzene rings is 1. The van der Waals surface area contributed by atoms with Crippen molar-refractivity contribution in [1.29, 1.82) is 0 Å². The highest BCUT2D eigenvalue weighted by Crippen LogP contribution is 2.68. The first-order chi connectivity index (χ1) is 18.1. The monoisotopic (exact) mass is 525 g/mol. The summed E-state index contributed by atoms with van der Waals surface area (Å²) in [6, 6.07) is 6.77. The molecule has 4 saturated carbocycles. The van der Waals surface area contributed by atoms with Crippen LogP contribution in [0.1, 0.15) is 95.3 Å². The number of aliphatic hydroxyl groups is 2. The highest BCUT2D eigenvalue weighted by atomic mass is 16.5. The number of hydrogen-bond donors (Lipinski definition) is 3. The van der Waals surface area contributed by atoms with Crippen LogP contribution < -0.4 is 5.32 Å². The van der Waals surface area contributed by atoms with E-state index in [0.29, 0.717) is 53.2 Å². The number of fused-ring (bicyclic) bond motifs is 5. The molecule has 0 radical (unpaired) electrons. The molecule has 1 amide bonds. The SMILES string of the molecule is COC(=O)c1ccc(NC(=O)CCC(C)C2CCC3C4CCC5CC(O)CCC5(C)C4CC(O)C23C)cc1. The highest BCUT2D eigenvalue weighted by molar-refractivity contribution is 5.93. The molecule has 0 saturated heterocycles. The molecule has 0 heterocycles. The molecule has 1 aromatic carbocycles. The van der Waals surface area contributed by atoms with Gasteiger partial charge in [0.15, 0.2) is 0 Å². The highest BCUT2D eigenvalue weighted by Gasteiger charge is 2.63. The largest absolute Gasteiger partial charge is 0.465 e. The number of rotatable bonds is 6. The number of ether oxygens (including phenoxy) is 1. The van der Waals surface area contributed by atoms with Gasteiger partial charge in [-0.1, -0.05) is 20.8 Å². The van der Waals surface area contributed by atoms with E-state index in [2.05, 4.69) is 26.1 Å². The van der Waals surface area contributed by atoms with E-state index in [4.69, 9.17) is 4.74 Å². The molecule has 6 nitrogen and oxygen atoms in total. The Hall–Kier alpha value is -1.92. The van der Waals surface area contributed by atoms with Gasteiger partial charge in [-0.2, -0.15) is 0 Å². The van der Waals surface area contributed by atoms with Crippen LogP contribution in [0.25, 0.3) is 0 Å². The molecule has 0 spiro atoms. The maximum atomic E-state index is 12.7. The smallest absolute Gasteiger partial charge is 0.337 e. The first-order valence-electron chi connectivity index (χ1n) is 14.9. The van der Waals surface area contributed by atoms with E-state index in [1.165, 1.54) is 26.4 Å². The fraction of sp³-hybridized carbons (Fsp3) is 0.750. The Labute approximate surface area is 227 Å². The third-order valence-electron chi connectivity index (χ3n) is 11.9. The summed E-state index contributed by atoms with van der Waals surface area (Å²) in [5, 5.41) is 25.0. The van der Waals surface area contributed by atoms with Gasteiger partial charge in [-0.05, 0) is 128 Å². The summed E-state index contributed by atoms with van der Waals surface area (Å²) < 4.78 is 4.73. The predicted molar refractivity (Wildman–Crippen MR) is 147 cm³/mol. The maximum absolute atomic E-state index is 12.7. The number of amides is 1. The van der Waals surface area contributed by atoms with Crippen LogP contribution in [0.3, 0.4) is 0 Å². The van der Waals surface area contributed by atoms with Crippen LogP contribution in [0.4, 0.5) is 5.69 Å². The standard InChI is InChI=1S/C32H47NO5/c1-19(5-14-29(36)33-22-9-6-20(7-10-22)30(37)38-4)25-12-13-26-24-11-8-21-17-23(34)15-16-31(21,2)27(24)18-28(35)32(25,26)3/h6-7,9-10,19,21,23-28,34-35H,5,8,11-18H2,1-4H3,(H,33,36). The minimum atomic E-state index is -0.393. The third-order valence-corrected chi connectivity index (χ3v) is 11.9. The molecule has 5 rings (SSSR count). The van der Waals surface area contributed by atoms with Crippen molar-refractivity contribution in [3.05, 3.63) is 29.8 Å². The molecule has 6 heteroatoms. The zero-order valence-corrected chi connectivity index (χ0v) is 23.6. The number of aliphatic hydroxyl groups excluding tert-OH is 2. The summed E-state index contributed by atoms with van der Waals surface area (Å²) >= 11 is 0. The second-order valence-electron chi connectivity index (χ2n) is 13.5. The molecule has 3 N–H and O–H groups in total. The van der Waals surface area contributed by atoms with Gasteiger partial charge >= 0.3 is 5.97 Å². The summed E-state index contributed by atoms with van der Waals surface area (Å²) in [6.07, 6.45) is 9.43. The van der Waals surface area contributed by atoms with Gasteiger partial charge in [-0.15, -0.1) is 0 Å². The molecule has 210 valence electrons. The Morgan fingerprint density at radius 1 is 1.03 bits per heavy atom. The lowest BCUT2D eigenvalue weighted by molar-refractivity contribution is -0.174. The normalized spacial score (nSPS) is 40.8. The molecule has 4 aliphatic carbocycles. The van der Waals surface area contributed by atoms with Crippen LogP contribution in [0.5, 0.6) is 0 Å². The fourth-order valence-electron chi connectivity index (χ4n) is 9.75. The van der Waals surface area contributed by atoms with Gasteiger partial charge in [0.2, 0.25) is 5.91 Å². The van der Waals surface area contributed by atoms with Crippen molar-refractivity contribution in [2.75, 3.05) is 12.4 Å². The van der Waals surface area contributed by atoms with Gasteiger partial charge in [0, 0.05) is 12.1 Å². The Bertz CT molecular complexity index is 1030. The second kappa shape index (κ2) is 10.6. The van der Waals surface area contributed by atoms with Gasteiger partial charge in [0.05, 0.1) is 24.9 Å². The summed E-state index contributed by atoms with van der Waals surface area (Å²) in [4.78, 5) is 24.4. The van der Waals surface area contributed by atoms with Crippen molar-refractivity contribution in [2.24, 2.45) is 46.3 Å². The Balaban J connectivity index is 1.21. The lowest BCUT2D eigenvalue weighted by Gasteiger charge is -2.62. The number of carbonyl (C=O) groups is 2. The van der Waals surface area contributed by atoms with Crippen LogP contribution in [-0.4, -0.2) is 41.4 Å². The number of carbonyl (C=O) groups excluding carboxylic acids is 2. The van der Waals surface area contributed by atoms with Crippen LogP contribution in [-0.2, 0) is 9.53 Å². The molecule has 10 atom stereocenters. The van der Waals surface area contributed by atoms with Crippen molar-refractivity contribution in [1.82, 2.24) is 0 Å². The molecule has 0 bridgehead atoms. The van der Waals surface area contributed by atoms with Gasteiger partial charge in [-0.25, -0.2) is 4.79 Å². The van der Waals surface area contributed by atoms with Gasteiger partial charge in [0.25, 0.3) is 0 Å². The van der Waals surface area contributed by atoms with Crippen LogP contribution >= 0.6 is 0 Å². The minimum Gasteiger partial charge on any atom is -0.465 e. The average Bonchev–Trinajstić information content (AvgIpc) is 3.27. The Morgan fingerprint density at radius 3 is 2.47 bits per heavy atom. The van der Waals surface area contributed by atoms with E-state index in [9.17, 15) is 19.8 Å². The molecule has 0 aromatic heterocycles. The lowest BCUT2D eigenvalue weighted by Crippen LogP contribution is -2.58. The van der Waals surface area contributed by atoms with E-state index >= 15 is 0 Å². The van der Waals surface area contributed by atoms with Crippen LogP contribution in [0, 0.1) is 46.3 Å². The number of hydrogen-bond acceptors (Lipinski definition) is 5. The van der Waals surface area contributed by atoms with Gasteiger partial charge < -0.3 is 20.3 Å². The molecule has 0 aliphatic heterocycles. The molecular formula is C32H47NO5. The summed E-state index contributed by atoms with van der Waals surface area (Å²) in [6.45, 7) is 7.09. The molecule has 38 heavy (non-hydrogen) atoms. The molecule has 10 unspecified atom stereocenters. The van der Waals surface area contributed by atoms with Crippen molar-refractivity contribution >= 4 is 17.6 Å². The maximum Gasteiger partial charge on any atom is 0.337 e. The fourth-order valence-corrected chi connectivity index (χ4v) is 9.75. The third kappa shape index (κ3) is 4.70. The minimum absolute atomic E-state index is 0.0163. The topological polar surface area (TPSA) is 95.9 Å². The average molecular weight is 526 g/mol. The second-order valence-corrected chi connectivity index (χ2v) is 13.5. The van der Waals surface area contributed by atoms with Crippen molar-refractivity contribution in [2.45, 2.75) is 97.2 Å². The predicted octanol–water partition coefficient (Wildman–Crippen LogP) is 5.82. The molecular weight excluding hydrogens is 478 g/mol. The summed E-state index contributed by atoms with van der Waals surface area (Å²) in [5.74, 6) is 2.76. The first-order valence-corrected chi connectivity index (χ1v) is 14.9. The first kappa shape index (κ1) is 27.6. The van der Waals surface area contributed by atoms with Crippen molar-refractivity contribution < 1.29 is 24.5 Å². The zero-order valence-electron chi connectivity index (χ0n) is 23.6. The van der Waals surface area contributed by atoms with Gasteiger partial charge in [0.1, 0.15) is 0 Å². The molecule has 4 fully saturated rings. The quantitative estimate of drug-likeness (QED) is 0.407. The van der Waals surface area contributed by atoms with E-state index < -0.39 is 5.97 Å². The number of esters is 1. The Morgan fingerprint density at radius 2 is 1.76 bits per heavy atom. The lowest BCUT2D eigenvalue weighted by atomic mass is 9.43. The van der Waals surface area contributed by atoms with E-state index in [1.54, 1.807) is 24.3 Å². The Kier molecular flexibility index (Phi) is 7.69. The van der Waals surface area contributed by atoms with Crippen LogP contribution in [0.2, 0.25) is 0 Å². The number of anilines is 1. The van der Waals surface area contributed by atoms with Gasteiger partial charge in [-0.3, -0.25) is 4.79 Å². The number of nitrogens with one attached hydrogen (secondary N) is 1. The molecule has 1 aromatic rings. The van der Waals surface area contributed by atoms with Crippen LogP contribution in [0.15, 0.2) is 24.3 Å². The summed E-state index contributed by atoms with van der Waals surface area (Å²) in [5.41, 5.74) is 1.30. The zero-order chi connectivity index (χ0) is 27.2. The number of methoxy groups -OCH3 is 1. The van der Waals surface area contributed by atoms with Crippen molar-refractivity contribution in [3.8, 4) is 0 Å². The summed E-state index contributed by atoms with van der Waals surface area (Å²) in [7, 11) is 1.35. The van der Waals surface area contributed by atoms with E-state index in [-0.39, 0.29) is 28.9 Å².